The number of carboxylic acid groups (broad SMARTS) is 1. The van der Waals surface area contributed by atoms with E-state index in [1.54, 1.807) is 11.5 Å². The maximum absolute atomic E-state index is 13.3. The molecule has 0 unspecified atom stereocenters. The molecule has 0 aliphatic carbocycles. The molecule has 0 aromatic carbocycles. The number of thiazole rings is 1. The van der Waals surface area contributed by atoms with Crippen LogP contribution in [0.4, 0.5) is 23.8 Å². The second-order valence-corrected chi connectivity index (χ2v) is 9.76. The third-order valence-electron chi connectivity index (χ3n) is 5.75. The normalized spacial score (nSPS) is 11.7. The molecule has 0 bridgehead atoms. The molecule has 210 valence electrons. The molecule has 0 saturated carbocycles. The molecule has 0 spiro atoms. The minimum absolute atomic E-state index is 0.00791. The number of carbonyl (C=O) groups is 2. The molecule has 2 amide bonds. The van der Waals surface area contributed by atoms with E-state index >= 15 is 0 Å². The minimum atomic E-state index is -4.67. The first-order valence-electron chi connectivity index (χ1n) is 11.9. The van der Waals surface area contributed by atoms with Crippen molar-refractivity contribution in [1.29, 1.82) is 0 Å². The number of urea groups is 1. The molecule has 4 aromatic heterocycles. The molecule has 0 radical (unpaired) electrons. The van der Waals surface area contributed by atoms with E-state index in [4.69, 9.17) is 0 Å². The van der Waals surface area contributed by atoms with E-state index in [0.29, 0.717) is 25.2 Å². The Morgan fingerprint density at radius 2 is 1.90 bits per heavy atom. The number of nitrogens with one attached hydrogen (secondary N) is 2. The van der Waals surface area contributed by atoms with E-state index in [1.807, 2.05) is 19.0 Å². The predicted octanol–water partition coefficient (Wildman–Crippen LogP) is 4.00. The van der Waals surface area contributed by atoms with Gasteiger partial charge < -0.3 is 19.9 Å². The van der Waals surface area contributed by atoms with Gasteiger partial charge in [-0.2, -0.15) is 13.2 Å². The Labute approximate surface area is 229 Å². The lowest BCUT2D eigenvalue weighted by atomic mass is 10.0. The predicted molar refractivity (Wildman–Crippen MR) is 144 cm³/mol. The Bertz CT molecular complexity index is 1650. The summed E-state index contributed by atoms with van der Waals surface area (Å²) < 4.78 is 41.5. The first-order chi connectivity index (χ1) is 18.9. The van der Waals surface area contributed by atoms with Gasteiger partial charge in [0.15, 0.2) is 5.69 Å². The smallest absolute Gasteiger partial charge is 0.434 e. The second-order valence-electron chi connectivity index (χ2n) is 8.90. The molecular weight excluding hydrogens is 551 g/mol. The van der Waals surface area contributed by atoms with Crippen LogP contribution in [0.2, 0.25) is 0 Å². The van der Waals surface area contributed by atoms with Crippen molar-refractivity contribution in [2.45, 2.75) is 19.6 Å². The Balaban J connectivity index is 1.91. The van der Waals surface area contributed by atoms with Gasteiger partial charge in [-0.05, 0) is 33.2 Å². The highest BCUT2D eigenvalue weighted by atomic mass is 32.1. The lowest BCUT2D eigenvalue weighted by Gasteiger charge is -2.16. The van der Waals surface area contributed by atoms with Crippen molar-refractivity contribution in [2.75, 3.05) is 32.5 Å². The lowest BCUT2D eigenvalue weighted by molar-refractivity contribution is -0.140. The number of carboxylic acids is 1. The highest BCUT2D eigenvalue weighted by Gasteiger charge is 2.34. The van der Waals surface area contributed by atoms with Crippen molar-refractivity contribution in [3.05, 3.63) is 57.6 Å². The van der Waals surface area contributed by atoms with Crippen LogP contribution in [0.1, 0.15) is 23.0 Å². The standard InChI is InChI=1S/C25H24F3N7O4S/c1-4-29-24(39)33-19-8-14(22-32-18(12-40-22)25(26,27)28)16(10-30-19)13-7-15-20(36)17(23(37)38)11-35(6-5-34(2)3)21(15)31-9-13/h7-12H,4-6H2,1-3H3,(H,37,38)(H2,29,30,33,39). The van der Waals surface area contributed by atoms with Crippen molar-refractivity contribution in [1.82, 2.24) is 29.7 Å². The van der Waals surface area contributed by atoms with E-state index in [9.17, 15) is 32.7 Å². The molecule has 0 aliphatic heterocycles. The third kappa shape index (κ3) is 6.10. The van der Waals surface area contributed by atoms with Gasteiger partial charge in [-0.25, -0.2) is 24.5 Å². The fourth-order valence-corrected chi connectivity index (χ4v) is 4.69. The monoisotopic (exact) mass is 575 g/mol. The molecule has 4 aromatic rings. The average molecular weight is 576 g/mol. The van der Waals surface area contributed by atoms with Gasteiger partial charge in [0, 0.05) is 60.3 Å². The zero-order chi connectivity index (χ0) is 29.2. The van der Waals surface area contributed by atoms with Crippen LogP contribution in [-0.4, -0.2) is 68.7 Å². The maximum Gasteiger partial charge on any atom is 0.434 e. The van der Waals surface area contributed by atoms with Crippen LogP contribution in [-0.2, 0) is 12.7 Å². The van der Waals surface area contributed by atoms with Gasteiger partial charge in [-0.3, -0.25) is 10.1 Å². The number of pyridine rings is 3. The number of rotatable bonds is 8. The van der Waals surface area contributed by atoms with E-state index in [0.717, 1.165) is 16.7 Å². The van der Waals surface area contributed by atoms with Crippen LogP contribution in [0.25, 0.3) is 32.7 Å². The minimum Gasteiger partial charge on any atom is -0.477 e. The summed E-state index contributed by atoms with van der Waals surface area (Å²) in [6.07, 6.45) is -0.685. The second kappa shape index (κ2) is 11.4. The molecule has 4 rings (SSSR count). The number of hydrogen-bond acceptors (Lipinski definition) is 8. The number of alkyl halides is 3. The number of halogens is 3. The Morgan fingerprint density at radius 1 is 1.15 bits per heavy atom. The molecule has 0 fully saturated rings. The summed E-state index contributed by atoms with van der Waals surface area (Å²) in [5.74, 6) is -1.34. The molecule has 11 nitrogen and oxygen atoms in total. The van der Waals surface area contributed by atoms with E-state index < -0.39 is 34.9 Å². The summed E-state index contributed by atoms with van der Waals surface area (Å²) >= 11 is 0.745. The van der Waals surface area contributed by atoms with Gasteiger partial charge >= 0.3 is 18.2 Å². The van der Waals surface area contributed by atoms with Crippen LogP contribution in [0.15, 0.2) is 40.9 Å². The summed E-state index contributed by atoms with van der Waals surface area (Å²) in [6.45, 7) is 2.95. The fraction of sp³-hybridized carbons (Fsp3) is 0.280. The zero-order valence-corrected chi connectivity index (χ0v) is 22.4. The molecule has 15 heteroatoms. The van der Waals surface area contributed by atoms with Crippen LogP contribution in [0.5, 0.6) is 0 Å². The number of amides is 2. The van der Waals surface area contributed by atoms with E-state index in [2.05, 4.69) is 25.6 Å². The largest absolute Gasteiger partial charge is 0.477 e. The summed E-state index contributed by atoms with van der Waals surface area (Å²) in [5.41, 5.74) is -1.26. The molecule has 0 aliphatic rings. The number of aromatic carboxylic acids is 1. The Morgan fingerprint density at radius 3 is 2.52 bits per heavy atom. The van der Waals surface area contributed by atoms with Gasteiger partial charge in [0.2, 0.25) is 5.43 Å². The van der Waals surface area contributed by atoms with Crippen LogP contribution in [0, 0.1) is 0 Å². The van der Waals surface area contributed by atoms with Gasteiger partial charge in [-0.1, -0.05) is 0 Å². The molecule has 40 heavy (non-hydrogen) atoms. The van der Waals surface area contributed by atoms with Crippen molar-refractivity contribution >= 4 is 40.2 Å². The van der Waals surface area contributed by atoms with Crippen molar-refractivity contribution in [2.24, 2.45) is 0 Å². The number of carbonyl (C=O) groups excluding carboxylic acids is 1. The van der Waals surface area contributed by atoms with E-state index in [1.165, 1.54) is 30.7 Å². The SMILES string of the molecule is CCNC(=O)Nc1cc(-c2nc(C(F)(F)F)cs2)c(-c2cnc3c(c2)c(=O)c(C(=O)O)cn3CCN(C)C)cn1. The van der Waals surface area contributed by atoms with E-state index in [-0.39, 0.29) is 33.0 Å². The molecular formula is C25H24F3N7O4S. The topological polar surface area (TPSA) is 142 Å². The number of fused-ring (bicyclic) bond motifs is 1. The molecule has 4 heterocycles. The van der Waals surface area contributed by atoms with Gasteiger partial charge in [0.25, 0.3) is 0 Å². The number of likely N-dealkylation sites (N-methyl/N-ethyl adjacent to an activating group) is 1. The first-order valence-corrected chi connectivity index (χ1v) is 12.8. The van der Waals surface area contributed by atoms with Crippen molar-refractivity contribution < 1.29 is 27.9 Å². The van der Waals surface area contributed by atoms with Gasteiger partial charge in [0.1, 0.15) is 22.0 Å². The number of hydrogen-bond donors (Lipinski definition) is 3. The van der Waals surface area contributed by atoms with Crippen molar-refractivity contribution in [3.8, 4) is 21.7 Å². The number of anilines is 1. The van der Waals surface area contributed by atoms with Crippen LogP contribution >= 0.6 is 11.3 Å². The third-order valence-corrected chi connectivity index (χ3v) is 6.63. The first kappa shape index (κ1) is 28.6. The average Bonchev–Trinajstić information content (AvgIpc) is 3.39. The lowest BCUT2D eigenvalue weighted by Crippen LogP contribution is -2.28. The summed E-state index contributed by atoms with van der Waals surface area (Å²) in [7, 11) is 3.69. The van der Waals surface area contributed by atoms with Crippen LogP contribution < -0.4 is 16.1 Å². The number of aromatic nitrogens is 4. The highest BCUT2D eigenvalue weighted by Crippen LogP contribution is 2.38. The molecule has 0 atom stereocenters. The molecule has 3 N–H and O–H groups in total. The summed E-state index contributed by atoms with van der Waals surface area (Å²) in [5, 5.41) is 15.6. The van der Waals surface area contributed by atoms with Gasteiger partial charge in [-0.15, -0.1) is 11.3 Å². The summed E-state index contributed by atoms with van der Waals surface area (Å²) in [4.78, 5) is 51.2. The Hall–Kier alpha value is -4.37. The van der Waals surface area contributed by atoms with Crippen molar-refractivity contribution in [3.63, 3.8) is 0 Å². The maximum atomic E-state index is 13.3. The quantitative estimate of drug-likeness (QED) is 0.286. The highest BCUT2D eigenvalue weighted by molar-refractivity contribution is 7.13. The van der Waals surface area contributed by atoms with Gasteiger partial charge in [0.05, 0.1) is 5.39 Å². The zero-order valence-electron chi connectivity index (χ0n) is 21.5. The summed E-state index contributed by atoms with van der Waals surface area (Å²) in [6, 6.07) is 2.24. The fourth-order valence-electron chi connectivity index (χ4n) is 3.83. The Kier molecular flexibility index (Phi) is 8.16. The molecule has 0 saturated heterocycles. The van der Waals surface area contributed by atoms with Crippen LogP contribution in [0.3, 0.4) is 0 Å². The number of nitrogens with zero attached hydrogens (tertiary/aromatic N) is 5.